The maximum atomic E-state index is 12.8. The third-order valence-corrected chi connectivity index (χ3v) is 5.65. The largest absolute Gasteiger partial charge is 0.337 e. The maximum Gasteiger partial charge on any atom is 0.263 e. The van der Waals surface area contributed by atoms with Crippen LogP contribution in [0.1, 0.15) is 18.6 Å². The van der Waals surface area contributed by atoms with Crippen LogP contribution in [-0.2, 0) is 24.3 Å². The SMILES string of the molecule is C=CCn1c(=O)c2ccccc2n2c(SCC(=O)N(C)Cc3nc(CC)no3)nnc12. The van der Waals surface area contributed by atoms with Crippen LogP contribution in [0, 0.1) is 0 Å². The van der Waals surface area contributed by atoms with Gasteiger partial charge in [0.05, 0.1) is 23.2 Å². The highest BCUT2D eigenvalue weighted by atomic mass is 32.2. The Labute approximate surface area is 181 Å². The number of para-hydroxylation sites is 1. The van der Waals surface area contributed by atoms with Crippen LogP contribution in [0.4, 0.5) is 0 Å². The van der Waals surface area contributed by atoms with Crippen molar-refractivity contribution in [2.24, 2.45) is 0 Å². The molecule has 0 bridgehead atoms. The summed E-state index contributed by atoms with van der Waals surface area (Å²) in [5.74, 6) is 1.43. The minimum Gasteiger partial charge on any atom is -0.337 e. The number of benzene rings is 1. The Bertz CT molecular complexity index is 1320. The standard InChI is InChI=1S/C20H21N7O3S/c1-4-10-26-18(29)13-8-6-7-9-14(13)27-19(26)22-23-20(27)31-12-17(28)25(3)11-16-21-15(5-2)24-30-16/h4,6-9H,1,5,10-12H2,2-3H3. The van der Waals surface area contributed by atoms with Gasteiger partial charge in [0, 0.05) is 20.0 Å². The average molecular weight is 440 g/mol. The number of carbonyl (C=O) groups is 1. The van der Waals surface area contributed by atoms with Gasteiger partial charge in [0.15, 0.2) is 11.0 Å². The Hall–Kier alpha value is -3.47. The quantitative estimate of drug-likeness (QED) is 0.302. The number of thioether (sulfide) groups is 1. The fourth-order valence-corrected chi connectivity index (χ4v) is 4.03. The molecule has 0 unspecified atom stereocenters. The normalized spacial score (nSPS) is 11.3. The molecule has 0 atom stereocenters. The molecule has 3 heterocycles. The van der Waals surface area contributed by atoms with Gasteiger partial charge in [-0.15, -0.1) is 16.8 Å². The van der Waals surface area contributed by atoms with Crippen LogP contribution in [0.3, 0.4) is 0 Å². The predicted molar refractivity (Wildman–Crippen MR) is 116 cm³/mol. The monoisotopic (exact) mass is 439 g/mol. The molecule has 0 aliphatic rings. The zero-order valence-electron chi connectivity index (χ0n) is 17.2. The van der Waals surface area contributed by atoms with E-state index in [-0.39, 0.29) is 23.8 Å². The van der Waals surface area contributed by atoms with Crippen LogP contribution in [0.25, 0.3) is 16.7 Å². The number of fused-ring (bicyclic) bond motifs is 3. The van der Waals surface area contributed by atoms with Crippen LogP contribution >= 0.6 is 11.8 Å². The second kappa shape index (κ2) is 8.72. The Balaban J connectivity index is 1.59. The van der Waals surface area contributed by atoms with Gasteiger partial charge in [-0.05, 0) is 12.1 Å². The fourth-order valence-electron chi connectivity index (χ4n) is 3.15. The highest BCUT2D eigenvalue weighted by molar-refractivity contribution is 7.99. The summed E-state index contributed by atoms with van der Waals surface area (Å²) in [7, 11) is 1.68. The van der Waals surface area contributed by atoms with Crippen molar-refractivity contribution in [2.75, 3.05) is 12.8 Å². The van der Waals surface area contributed by atoms with Gasteiger partial charge in [-0.1, -0.05) is 42.1 Å². The Kier molecular flexibility index (Phi) is 5.85. The lowest BCUT2D eigenvalue weighted by atomic mass is 10.2. The molecule has 0 saturated carbocycles. The molecule has 0 N–H and O–H groups in total. The van der Waals surface area contributed by atoms with Crippen molar-refractivity contribution in [3.8, 4) is 0 Å². The van der Waals surface area contributed by atoms with Crippen molar-refractivity contribution in [3.05, 3.63) is 59.0 Å². The maximum absolute atomic E-state index is 12.8. The first-order chi connectivity index (χ1) is 15.0. The van der Waals surface area contributed by atoms with E-state index in [0.29, 0.717) is 46.5 Å². The number of aromatic nitrogens is 6. The summed E-state index contributed by atoms with van der Waals surface area (Å²) in [4.78, 5) is 31.2. The molecule has 4 aromatic rings. The van der Waals surface area contributed by atoms with Gasteiger partial charge in [-0.3, -0.25) is 18.6 Å². The van der Waals surface area contributed by atoms with Crippen molar-refractivity contribution in [3.63, 3.8) is 0 Å². The smallest absolute Gasteiger partial charge is 0.263 e. The van der Waals surface area contributed by atoms with Crippen LogP contribution in [0.2, 0.25) is 0 Å². The minimum absolute atomic E-state index is 0.123. The topological polar surface area (TPSA) is 111 Å². The summed E-state index contributed by atoms with van der Waals surface area (Å²) in [6.07, 6.45) is 2.31. The molecular formula is C20H21N7O3S. The lowest BCUT2D eigenvalue weighted by Gasteiger charge is -2.14. The van der Waals surface area contributed by atoms with Gasteiger partial charge in [0.2, 0.25) is 17.6 Å². The number of rotatable bonds is 8. The summed E-state index contributed by atoms with van der Waals surface area (Å²) in [6.45, 7) is 6.19. The first-order valence-electron chi connectivity index (χ1n) is 9.69. The second-order valence-electron chi connectivity index (χ2n) is 6.84. The van der Waals surface area contributed by atoms with Gasteiger partial charge < -0.3 is 9.42 Å². The Morgan fingerprint density at radius 1 is 1.32 bits per heavy atom. The molecule has 0 radical (unpaired) electrons. The summed E-state index contributed by atoms with van der Waals surface area (Å²) in [5.41, 5.74) is 0.530. The van der Waals surface area contributed by atoms with Gasteiger partial charge >= 0.3 is 0 Å². The summed E-state index contributed by atoms with van der Waals surface area (Å²) < 4.78 is 8.46. The molecule has 0 saturated heterocycles. The molecule has 160 valence electrons. The number of allylic oxidation sites excluding steroid dienone is 1. The van der Waals surface area contributed by atoms with E-state index < -0.39 is 0 Å². The third kappa shape index (κ3) is 3.96. The molecule has 31 heavy (non-hydrogen) atoms. The molecule has 1 aromatic carbocycles. The third-order valence-electron chi connectivity index (χ3n) is 4.74. The number of carbonyl (C=O) groups excluding carboxylic acids is 1. The zero-order valence-corrected chi connectivity index (χ0v) is 18.0. The Morgan fingerprint density at radius 2 is 2.13 bits per heavy atom. The summed E-state index contributed by atoms with van der Waals surface area (Å²) >= 11 is 1.25. The molecule has 3 aromatic heterocycles. The highest BCUT2D eigenvalue weighted by Gasteiger charge is 2.19. The predicted octanol–water partition coefficient (Wildman–Crippen LogP) is 1.93. The molecule has 10 nitrogen and oxygen atoms in total. The molecule has 0 aliphatic carbocycles. The number of hydrogen-bond acceptors (Lipinski definition) is 8. The molecule has 4 rings (SSSR count). The van der Waals surface area contributed by atoms with Crippen molar-refractivity contribution in [1.29, 1.82) is 0 Å². The van der Waals surface area contributed by atoms with E-state index >= 15 is 0 Å². The van der Waals surface area contributed by atoms with Gasteiger partial charge in [-0.25, -0.2) is 0 Å². The van der Waals surface area contributed by atoms with E-state index in [0.717, 1.165) is 0 Å². The van der Waals surface area contributed by atoms with Gasteiger partial charge in [0.25, 0.3) is 5.56 Å². The molecule has 1 amide bonds. The van der Waals surface area contributed by atoms with E-state index in [2.05, 4.69) is 26.9 Å². The molecule has 11 heteroatoms. The van der Waals surface area contributed by atoms with Crippen molar-refractivity contribution < 1.29 is 9.32 Å². The first-order valence-corrected chi connectivity index (χ1v) is 10.7. The van der Waals surface area contributed by atoms with Crippen LogP contribution < -0.4 is 5.56 Å². The van der Waals surface area contributed by atoms with E-state index in [4.69, 9.17) is 4.52 Å². The summed E-state index contributed by atoms with van der Waals surface area (Å²) in [6, 6.07) is 7.26. The lowest BCUT2D eigenvalue weighted by molar-refractivity contribution is -0.127. The van der Waals surface area contributed by atoms with Gasteiger partial charge in [-0.2, -0.15) is 4.98 Å². The number of aryl methyl sites for hydroxylation is 1. The zero-order chi connectivity index (χ0) is 22.0. The molecule has 0 fully saturated rings. The van der Waals surface area contributed by atoms with Crippen molar-refractivity contribution >= 4 is 34.3 Å². The van der Waals surface area contributed by atoms with Crippen LogP contribution in [-0.4, -0.2) is 52.9 Å². The van der Waals surface area contributed by atoms with E-state index in [1.807, 2.05) is 25.1 Å². The van der Waals surface area contributed by atoms with Crippen molar-refractivity contribution in [1.82, 2.24) is 34.2 Å². The van der Waals surface area contributed by atoms with Crippen LogP contribution in [0.15, 0.2) is 51.4 Å². The summed E-state index contributed by atoms with van der Waals surface area (Å²) in [5, 5.41) is 13.3. The number of amides is 1. The average Bonchev–Trinajstić information content (AvgIpc) is 3.41. The minimum atomic E-state index is -0.159. The highest BCUT2D eigenvalue weighted by Crippen LogP contribution is 2.22. The van der Waals surface area contributed by atoms with E-state index in [9.17, 15) is 9.59 Å². The molecule has 0 spiro atoms. The van der Waals surface area contributed by atoms with Crippen LogP contribution in [0.5, 0.6) is 0 Å². The van der Waals surface area contributed by atoms with E-state index in [1.165, 1.54) is 21.2 Å². The molecular weight excluding hydrogens is 418 g/mol. The van der Waals surface area contributed by atoms with Crippen molar-refractivity contribution in [2.45, 2.75) is 31.6 Å². The van der Waals surface area contributed by atoms with E-state index in [1.54, 1.807) is 23.6 Å². The fraction of sp³-hybridized carbons (Fsp3) is 0.300. The molecule has 0 aliphatic heterocycles. The number of hydrogen-bond donors (Lipinski definition) is 0. The second-order valence-corrected chi connectivity index (χ2v) is 7.78. The van der Waals surface area contributed by atoms with Gasteiger partial charge in [0.1, 0.15) is 0 Å². The Morgan fingerprint density at radius 3 is 2.87 bits per heavy atom. The number of nitrogens with zero attached hydrogens (tertiary/aromatic N) is 7. The lowest BCUT2D eigenvalue weighted by Crippen LogP contribution is -2.28. The first kappa shape index (κ1) is 20.8.